The molecule has 0 saturated heterocycles. The highest BCUT2D eigenvalue weighted by Crippen LogP contribution is 2.62. The largest absolute Gasteiger partial charge is 0.453 e. The molecular weight excluding hydrogens is 599 g/mol. The van der Waals surface area contributed by atoms with Crippen LogP contribution in [0.1, 0.15) is 25.0 Å². The molecule has 0 aliphatic carbocycles. The molecule has 7 aromatic carbocycles. The van der Waals surface area contributed by atoms with E-state index in [-0.39, 0.29) is 5.41 Å². The van der Waals surface area contributed by atoms with Gasteiger partial charge in [-0.25, -0.2) is 0 Å². The van der Waals surface area contributed by atoms with Gasteiger partial charge in [0, 0.05) is 16.8 Å². The molecule has 7 aromatic rings. The fraction of sp³-hybridized carbons (Fsp3) is 0.0667. The third-order valence-corrected chi connectivity index (χ3v) is 10.3. The van der Waals surface area contributed by atoms with Crippen LogP contribution in [0.3, 0.4) is 0 Å². The molecule has 234 valence electrons. The molecule has 0 unspecified atom stereocenters. The Balaban J connectivity index is 1.17. The summed E-state index contributed by atoms with van der Waals surface area (Å²) in [7, 11) is 0. The molecule has 0 spiro atoms. The van der Waals surface area contributed by atoms with E-state index in [9.17, 15) is 0 Å². The minimum absolute atomic E-state index is 0.167. The van der Waals surface area contributed by atoms with Crippen LogP contribution in [0.15, 0.2) is 164 Å². The summed E-state index contributed by atoms with van der Waals surface area (Å²) in [5.41, 5.74) is 15.1. The first-order valence-corrected chi connectivity index (χ1v) is 16.9. The van der Waals surface area contributed by atoms with Crippen LogP contribution >= 0.6 is 0 Å². The van der Waals surface area contributed by atoms with Crippen molar-refractivity contribution in [2.24, 2.45) is 0 Å². The van der Waals surface area contributed by atoms with E-state index in [0.717, 1.165) is 39.9 Å². The Bertz CT molecular complexity index is 2370. The van der Waals surface area contributed by atoms with Crippen molar-refractivity contribution in [3.8, 4) is 22.6 Å². The highest BCUT2D eigenvalue weighted by molar-refractivity contribution is 6.06. The van der Waals surface area contributed by atoms with Gasteiger partial charge in [-0.1, -0.05) is 105 Å². The van der Waals surface area contributed by atoms with Crippen LogP contribution in [0.25, 0.3) is 11.1 Å². The minimum Gasteiger partial charge on any atom is -0.453 e. The van der Waals surface area contributed by atoms with E-state index in [2.05, 4.69) is 168 Å². The van der Waals surface area contributed by atoms with Crippen molar-refractivity contribution in [1.82, 2.24) is 0 Å². The molecule has 0 aromatic heterocycles. The van der Waals surface area contributed by atoms with E-state index in [1.54, 1.807) is 0 Å². The highest BCUT2D eigenvalue weighted by Gasteiger charge is 2.42. The molecule has 3 heterocycles. The molecule has 0 saturated carbocycles. The SMILES string of the molecule is CC1(C)c2ccccc2N2c3cc(-c4ccccc4)ccc3N(c3ccc(N4c5ccccc5Oc5ccccc54)cc3)c3cccc1c32. The summed E-state index contributed by atoms with van der Waals surface area (Å²) >= 11 is 0. The van der Waals surface area contributed by atoms with E-state index in [1.165, 1.54) is 45.0 Å². The lowest BCUT2D eigenvalue weighted by molar-refractivity contribution is 0.477. The fourth-order valence-corrected chi connectivity index (χ4v) is 8.01. The first kappa shape index (κ1) is 27.8. The number of fused-ring (bicyclic) bond motifs is 6. The third-order valence-electron chi connectivity index (χ3n) is 10.3. The average molecular weight is 632 g/mol. The lowest BCUT2D eigenvalue weighted by atomic mass is 9.72. The zero-order chi connectivity index (χ0) is 32.7. The minimum atomic E-state index is -0.167. The summed E-state index contributed by atoms with van der Waals surface area (Å²) in [4.78, 5) is 7.23. The van der Waals surface area contributed by atoms with E-state index in [4.69, 9.17) is 4.74 Å². The molecule has 0 fully saturated rings. The molecule has 3 aliphatic rings. The summed E-state index contributed by atoms with van der Waals surface area (Å²) in [5.74, 6) is 1.70. The lowest BCUT2D eigenvalue weighted by Gasteiger charge is -2.48. The molecule has 0 N–H and O–H groups in total. The molecule has 10 rings (SSSR count). The topological polar surface area (TPSA) is 19.0 Å². The predicted octanol–water partition coefficient (Wildman–Crippen LogP) is 12.8. The number of hydrogen-bond acceptors (Lipinski definition) is 4. The van der Waals surface area contributed by atoms with Gasteiger partial charge in [-0.05, 0) is 95.1 Å². The normalized spacial score (nSPS) is 14.5. The first-order valence-electron chi connectivity index (χ1n) is 16.9. The maximum Gasteiger partial charge on any atom is 0.151 e. The summed E-state index contributed by atoms with van der Waals surface area (Å²) in [6, 6.07) is 58.7. The van der Waals surface area contributed by atoms with Gasteiger partial charge in [0.15, 0.2) is 11.5 Å². The van der Waals surface area contributed by atoms with Crippen molar-refractivity contribution >= 4 is 51.2 Å². The zero-order valence-corrected chi connectivity index (χ0v) is 27.3. The van der Waals surface area contributed by atoms with Gasteiger partial charge in [-0.15, -0.1) is 0 Å². The molecule has 0 bridgehead atoms. The monoisotopic (exact) mass is 631 g/mol. The molecule has 0 atom stereocenters. The molecule has 0 amide bonds. The molecule has 4 heteroatoms. The van der Waals surface area contributed by atoms with Crippen LogP contribution < -0.4 is 19.4 Å². The standard InChI is InChI=1S/C45H33N3O/c1-45(2)34-15-6-7-17-36(34)48-41-29-31(30-13-4-3-5-14-30)23-28-37(41)46(40-20-12-16-35(45)44(40)48)32-24-26-33(27-25-32)47-38-18-8-10-21-42(38)49-43-22-11-9-19-39(43)47/h3-29H,1-2H3. The number of benzene rings is 7. The van der Waals surface area contributed by atoms with Gasteiger partial charge >= 0.3 is 0 Å². The van der Waals surface area contributed by atoms with Crippen molar-refractivity contribution in [3.05, 3.63) is 175 Å². The second kappa shape index (κ2) is 10.4. The van der Waals surface area contributed by atoms with Crippen molar-refractivity contribution in [3.63, 3.8) is 0 Å². The summed E-state index contributed by atoms with van der Waals surface area (Å²) < 4.78 is 6.29. The molecule has 4 nitrogen and oxygen atoms in total. The second-order valence-corrected chi connectivity index (χ2v) is 13.4. The van der Waals surface area contributed by atoms with Gasteiger partial charge in [-0.3, -0.25) is 0 Å². The van der Waals surface area contributed by atoms with E-state index >= 15 is 0 Å². The Morgan fingerprint density at radius 2 is 0.939 bits per heavy atom. The van der Waals surface area contributed by atoms with Gasteiger partial charge in [-0.2, -0.15) is 0 Å². The number of hydrogen-bond donors (Lipinski definition) is 0. The maximum atomic E-state index is 6.29. The summed E-state index contributed by atoms with van der Waals surface area (Å²) in [6.45, 7) is 4.71. The van der Waals surface area contributed by atoms with Gasteiger partial charge in [0.25, 0.3) is 0 Å². The summed E-state index contributed by atoms with van der Waals surface area (Å²) in [5, 5.41) is 0. The Morgan fingerprint density at radius 3 is 1.63 bits per heavy atom. The molecule has 3 aliphatic heterocycles. The lowest BCUT2D eigenvalue weighted by Crippen LogP contribution is -2.34. The van der Waals surface area contributed by atoms with Gasteiger partial charge in [0.2, 0.25) is 0 Å². The van der Waals surface area contributed by atoms with Crippen molar-refractivity contribution in [1.29, 1.82) is 0 Å². The Hall–Kier alpha value is -6.26. The van der Waals surface area contributed by atoms with Crippen LogP contribution in [0.4, 0.5) is 51.2 Å². The Labute approximate surface area is 286 Å². The summed E-state index contributed by atoms with van der Waals surface area (Å²) in [6.07, 6.45) is 0. The highest BCUT2D eigenvalue weighted by atomic mass is 16.5. The maximum absolute atomic E-state index is 6.29. The quantitative estimate of drug-likeness (QED) is 0.193. The molecule has 49 heavy (non-hydrogen) atoms. The average Bonchev–Trinajstić information content (AvgIpc) is 3.15. The van der Waals surface area contributed by atoms with Crippen molar-refractivity contribution in [2.75, 3.05) is 14.7 Å². The second-order valence-electron chi connectivity index (χ2n) is 13.4. The number of ether oxygens (including phenoxy) is 1. The first-order chi connectivity index (χ1) is 24.1. The van der Waals surface area contributed by atoms with Crippen LogP contribution in [-0.4, -0.2) is 0 Å². The van der Waals surface area contributed by atoms with Crippen LogP contribution in [0.5, 0.6) is 11.5 Å². The number of nitrogens with zero attached hydrogens (tertiary/aromatic N) is 3. The van der Waals surface area contributed by atoms with Crippen molar-refractivity contribution < 1.29 is 4.74 Å². The van der Waals surface area contributed by atoms with E-state index < -0.39 is 0 Å². The Morgan fingerprint density at radius 1 is 0.388 bits per heavy atom. The predicted molar refractivity (Wildman–Crippen MR) is 202 cm³/mol. The molecular formula is C45H33N3O. The van der Waals surface area contributed by atoms with Crippen LogP contribution in [0.2, 0.25) is 0 Å². The fourth-order valence-electron chi connectivity index (χ4n) is 8.01. The number of para-hydroxylation sites is 6. The van der Waals surface area contributed by atoms with Crippen LogP contribution in [-0.2, 0) is 5.41 Å². The van der Waals surface area contributed by atoms with Crippen LogP contribution in [0, 0.1) is 0 Å². The van der Waals surface area contributed by atoms with E-state index in [0.29, 0.717) is 0 Å². The van der Waals surface area contributed by atoms with Gasteiger partial charge < -0.3 is 19.4 Å². The smallest absolute Gasteiger partial charge is 0.151 e. The number of anilines is 9. The molecule has 0 radical (unpaired) electrons. The third kappa shape index (κ3) is 4.04. The zero-order valence-electron chi connectivity index (χ0n) is 27.3. The Kier molecular flexibility index (Phi) is 5.89. The van der Waals surface area contributed by atoms with Crippen molar-refractivity contribution in [2.45, 2.75) is 19.3 Å². The van der Waals surface area contributed by atoms with E-state index in [1.807, 2.05) is 24.3 Å². The number of rotatable bonds is 3. The van der Waals surface area contributed by atoms with Gasteiger partial charge in [0.05, 0.1) is 39.8 Å². The van der Waals surface area contributed by atoms with Gasteiger partial charge in [0.1, 0.15) is 0 Å².